The summed E-state index contributed by atoms with van der Waals surface area (Å²) in [5, 5.41) is 0. The van der Waals surface area contributed by atoms with Gasteiger partial charge in [0.1, 0.15) is 5.76 Å². The summed E-state index contributed by atoms with van der Waals surface area (Å²) < 4.78 is 6.27. The molecule has 1 nitrogen and oxygen atoms in total. The SMILES string of the molecule is c1coc(C(C23CC4CC(CC(C4)C2)C3)C23CC4CC(CC(C4)C2)C3)c1. The number of hydrogen-bond acceptors (Lipinski definition) is 1. The van der Waals surface area contributed by atoms with E-state index < -0.39 is 0 Å². The van der Waals surface area contributed by atoms with Crippen LogP contribution in [0.5, 0.6) is 0 Å². The highest BCUT2D eigenvalue weighted by molar-refractivity contribution is 5.23. The standard InChI is InChI=1S/C25H34O/c1-2-22(26-3-1)23(24-10-16-4-17(11-24)6-18(5-16)12-24)25-13-19-7-20(14-25)9-21(8-19)15-25/h1-3,16-21,23H,4-15H2. The lowest BCUT2D eigenvalue weighted by molar-refractivity contribution is -0.148. The van der Waals surface area contributed by atoms with Gasteiger partial charge in [0.15, 0.2) is 0 Å². The van der Waals surface area contributed by atoms with Crippen LogP contribution < -0.4 is 0 Å². The van der Waals surface area contributed by atoms with Gasteiger partial charge in [0.25, 0.3) is 0 Å². The Morgan fingerprint density at radius 2 is 1.04 bits per heavy atom. The molecule has 0 radical (unpaired) electrons. The maximum Gasteiger partial charge on any atom is 0.107 e. The molecule has 26 heavy (non-hydrogen) atoms. The van der Waals surface area contributed by atoms with Crippen LogP contribution in [0, 0.1) is 46.3 Å². The van der Waals surface area contributed by atoms with Crippen molar-refractivity contribution in [2.75, 3.05) is 0 Å². The minimum Gasteiger partial charge on any atom is -0.469 e. The minimum atomic E-state index is 0.596. The van der Waals surface area contributed by atoms with Crippen LogP contribution in [0.2, 0.25) is 0 Å². The van der Waals surface area contributed by atoms with Crippen LogP contribution in [0.3, 0.4) is 0 Å². The van der Waals surface area contributed by atoms with Crippen molar-refractivity contribution >= 4 is 0 Å². The molecule has 0 unspecified atom stereocenters. The molecule has 8 fully saturated rings. The zero-order valence-corrected chi connectivity index (χ0v) is 16.2. The van der Waals surface area contributed by atoms with Crippen molar-refractivity contribution in [1.29, 1.82) is 0 Å². The average Bonchev–Trinajstić information content (AvgIpc) is 3.05. The molecule has 1 heterocycles. The van der Waals surface area contributed by atoms with Crippen LogP contribution in [0.1, 0.15) is 88.7 Å². The van der Waals surface area contributed by atoms with E-state index in [-0.39, 0.29) is 0 Å². The quantitative estimate of drug-likeness (QED) is 0.584. The van der Waals surface area contributed by atoms with Crippen molar-refractivity contribution in [2.24, 2.45) is 46.3 Å². The van der Waals surface area contributed by atoms with Crippen molar-refractivity contribution in [2.45, 2.75) is 83.0 Å². The van der Waals surface area contributed by atoms with Crippen molar-refractivity contribution in [3.63, 3.8) is 0 Å². The van der Waals surface area contributed by atoms with E-state index in [1.54, 1.807) is 38.5 Å². The van der Waals surface area contributed by atoms with Gasteiger partial charge < -0.3 is 4.42 Å². The Hall–Kier alpha value is -0.720. The van der Waals surface area contributed by atoms with Gasteiger partial charge in [-0.15, -0.1) is 0 Å². The molecule has 140 valence electrons. The van der Waals surface area contributed by atoms with Gasteiger partial charge in [0, 0.05) is 5.92 Å². The van der Waals surface area contributed by atoms with Gasteiger partial charge in [-0.05, 0) is 136 Å². The van der Waals surface area contributed by atoms with Gasteiger partial charge in [-0.1, -0.05) is 0 Å². The lowest BCUT2D eigenvalue weighted by atomic mass is 9.38. The molecule has 9 rings (SSSR count). The van der Waals surface area contributed by atoms with E-state index in [4.69, 9.17) is 4.42 Å². The molecule has 0 N–H and O–H groups in total. The van der Waals surface area contributed by atoms with E-state index in [2.05, 4.69) is 12.1 Å². The molecule has 8 saturated carbocycles. The Morgan fingerprint density at radius 3 is 1.35 bits per heavy atom. The van der Waals surface area contributed by atoms with Gasteiger partial charge in [0.05, 0.1) is 6.26 Å². The lowest BCUT2D eigenvalue weighted by Gasteiger charge is -2.66. The zero-order valence-electron chi connectivity index (χ0n) is 16.2. The summed E-state index contributed by atoms with van der Waals surface area (Å²) in [6, 6.07) is 4.56. The number of rotatable bonds is 3. The van der Waals surface area contributed by atoms with E-state index in [0.29, 0.717) is 10.8 Å². The zero-order chi connectivity index (χ0) is 16.9. The van der Waals surface area contributed by atoms with Crippen LogP contribution in [-0.4, -0.2) is 0 Å². The number of hydrogen-bond donors (Lipinski definition) is 0. The topological polar surface area (TPSA) is 13.1 Å². The summed E-state index contributed by atoms with van der Waals surface area (Å²) in [4.78, 5) is 0. The summed E-state index contributed by atoms with van der Waals surface area (Å²) in [5.74, 6) is 8.43. The van der Waals surface area contributed by atoms with Crippen molar-refractivity contribution in [3.05, 3.63) is 24.2 Å². The third-order valence-corrected chi connectivity index (χ3v) is 10.2. The molecule has 1 heteroatoms. The van der Waals surface area contributed by atoms with Crippen LogP contribution >= 0.6 is 0 Å². The first kappa shape index (κ1) is 15.2. The minimum absolute atomic E-state index is 0.596. The van der Waals surface area contributed by atoms with Gasteiger partial charge in [-0.25, -0.2) is 0 Å². The van der Waals surface area contributed by atoms with E-state index in [1.165, 1.54) is 44.3 Å². The molecule has 0 aromatic carbocycles. The average molecular weight is 351 g/mol. The van der Waals surface area contributed by atoms with Crippen molar-refractivity contribution < 1.29 is 4.42 Å². The van der Waals surface area contributed by atoms with Gasteiger partial charge in [-0.2, -0.15) is 0 Å². The normalized spacial score (nSPS) is 54.8. The fourth-order valence-corrected chi connectivity index (χ4v) is 10.8. The lowest BCUT2D eigenvalue weighted by Crippen LogP contribution is -2.57. The summed E-state index contributed by atoms with van der Waals surface area (Å²) in [6.07, 6.45) is 20.5. The predicted molar refractivity (Wildman–Crippen MR) is 103 cm³/mol. The second-order valence-electron chi connectivity index (χ2n) is 12.0. The van der Waals surface area contributed by atoms with Gasteiger partial charge in [-0.3, -0.25) is 0 Å². The Kier molecular flexibility index (Phi) is 2.93. The highest BCUT2D eigenvalue weighted by Gasteiger charge is 2.63. The van der Waals surface area contributed by atoms with Crippen molar-refractivity contribution in [3.8, 4) is 0 Å². The molecule has 8 aliphatic carbocycles. The summed E-state index contributed by atoms with van der Waals surface area (Å²) in [7, 11) is 0. The second kappa shape index (κ2) is 5.00. The third-order valence-electron chi connectivity index (χ3n) is 10.2. The molecule has 0 spiro atoms. The summed E-state index contributed by atoms with van der Waals surface area (Å²) in [5.41, 5.74) is 1.19. The van der Waals surface area contributed by atoms with E-state index in [0.717, 1.165) is 41.4 Å². The molecule has 0 amide bonds. The number of furan rings is 1. The molecule has 0 saturated heterocycles. The predicted octanol–water partition coefficient (Wildman–Crippen LogP) is 6.80. The fraction of sp³-hybridized carbons (Fsp3) is 0.840. The Labute approximate surface area is 158 Å². The Bertz CT molecular complexity index is 583. The molecule has 0 atom stereocenters. The fourth-order valence-electron chi connectivity index (χ4n) is 10.8. The maximum atomic E-state index is 6.27. The van der Waals surface area contributed by atoms with E-state index in [9.17, 15) is 0 Å². The highest BCUT2D eigenvalue weighted by Crippen LogP contribution is 2.73. The summed E-state index contributed by atoms with van der Waals surface area (Å²) in [6.45, 7) is 0. The third kappa shape index (κ3) is 1.99. The van der Waals surface area contributed by atoms with Crippen LogP contribution in [0.25, 0.3) is 0 Å². The second-order valence-corrected chi connectivity index (χ2v) is 12.0. The largest absolute Gasteiger partial charge is 0.469 e. The van der Waals surface area contributed by atoms with Gasteiger partial charge >= 0.3 is 0 Å². The van der Waals surface area contributed by atoms with Crippen LogP contribution in [0.4, 0.5) is 0 Å². The van der Waals surface area contributed by atoms with Crippen LogP contribution in [-0.2, 0) is 0 Å². The van der Waals surface area contributed by atoms with Gasteiger partial charge in [0.2, 0.25) is 0 Å². The molecule has 1 aromatic heterocycles. The molecule has 8 aliphatic rings. The molecule has 1 aromatic rings. The Morgan fingerprint density at radius 1 is 0.654 bits per heavy atom. The highest BCUT2D eigenvalue weighted by atomic mass is 16.3. The first-order valence-corrected chi connectivity index (χ1v) is 11.7. The molecular formula is C25H34O. The maximum absolute atomic E-state index is 6.27. The smallest absolute Gasteiger partial charge is 0.107 e. The monoisotopic (exact) mass is 350 g/mol. The summed E-state index contributed by atoms with van der Waals surface area (Å²) >= 11 is 0. The molecular weight excluding hydrogens is 316 g/mol. The molecule has 0 aliphatic heterocycles. The van der Waals surface area contributed by atoms with E-state index >= 15 is 0 Å². The molecule has 8 bridgehead atoms. The Balaban J connectivity index is 1.36. The first-order valence-electron chi connectivity index (χ1n) is 11.7. The van der Waals surface area contributed by atoms with E-state index in [1.807, 2.05) is 6.26 Å². The van der Waals surface area contributed by atoms with Crippen molar-refractivity contribution in [1.82, 2.24) is 0 Å². The van der Waals surface area contributed by atoms with Crippen LogP contribution in [0.15, 0.2) is 22.8 Å². The first-order chi connectivity index (χ1) is 12.7.